The SMILES string of the molecule is Cc1ccc(C2C[C@@H](N)c3cc(Cl)ccc3O2)c(C)c1. The van der Waals surface area contributed by atoms with Gasteiger partial charge in [0.2, 0.25) is 0 Å². The number of fused-ring (bicyclic) bond motifs is 1. The fraction of sp³-hybridized carbons (Fsp3) is 0.294. The lowest BCUT2D eigenvalue weighted by atomic mass is 9.91. The lowest BCUT2D eigenvalue weighted by Gasteiger charge is -2.31. The van der Waals surface area contributed by atoms with Gasteiger partial charge in [0.25, 0.3) is 0 Å². The van der Waals surface area contributed by atoms with E-state index in [-0.39, 0.29) is 12.1 Å². The molecule has 0 aromatic heterocycles. The molecule has 2 atom stereocenters. The molecule has 1 aliphatic rings. The number of rotatable bonds is 1. The largest absolute Gasteiger partial charge is 0.485 e. The Morgan fingerprint density at radius 1 is 1.10 bits per heavy atom. The highest BCUT2D eigenvalue weighted by atomic mass is 35.5. The Labute approximate surface area is 124 Å². The summed E-state index contributed by atoms with van der Waals surface area (Å²) in [7, 11) is 0. The number of hydrogen-bond acceptors (Lipinski definition) is 2. The van der Waals surface area contributed by atoms with Crippen LogP contribution in [0.5, 0.6) is 5.75 Å². The van der Waals surface area contributed by atoms with Gasteiger partial charge >= 0.3 is 0 Å². The average molecular weight is 288 g/mol. The first-order chi connectivity index (χ1) is 9.54. The van der Waals surface area contributed by atoms with Crippen molar-refractivity contribution in [3.8, 4) is 5.75 Å². The predicted octanol–water partition coefficient (Wildman–Crippen LogP) is 4.48. The molecular formula is C17H18ClNO. The number of nitrogens with two attached hydrogens (primary N) is 1. The minimum absolute atomic E-state index is 0.0132. The first-order valence-electron chi connectivity index (χ1n) is 6.83. The first kappa shape index (κ1) is 13.5. The number of hydrogen-bond donors (Lipinski definition) is 1. The van der Waals surface area contributed by atoms with E-state index in [0.29, 0.717) is 5.02 Å². The molecule has 1 heterocycles. The van der Waals surface area contributed by atoms with Crippen LogP contribution in [-0.4, -0.2) is 0 Å². The molecule has 0 aliphatic carbocycles. The smallest absolute Gasteiger partial charge is 0.126 e. The fourth-order valence-corrected chi connectivity index (χ4v) is 3.03. The fourth-order valence-electron chi connectivity index (χ4n) is 2.85. The van der Waals surface area contributed by atoms with Gasteiger partial charge < -0.3 is 10.5 Å². The minimum atomic E-state index is -0.0387. The lowest BCUT2D eigenvalue weighted by molar-refractivity contribution is 0.161. The Kier molecular flexibility index (Phi) is 3.45. The molecule has 2 aromatic carbocycles. The van der Waals surface area contributed by atoms with Crippen molar-refractivity contribution in [1.82, 2.24) is 0 Å². The molecule has 20 heavy (non-hydrogen) atoms. The van der Waals surface area contributed by atoms with E-state index in [1.807, 2.05) is 18.2 Å². The van der Waals surface area contributed by atoms with Crippen molar-refractivity contribution in [3.05, 3.63) is 63.7 Å². The summed E-state index contributed by atoms with van der Waals surface area (Å²) < 4.78 is 6.13. The molecule has 0 spiro atoms. The van der Waals surface area contributed by atoms with Gasteiger partial charge in [-0.25, -0.2) is 0 Å². The summed E-state index contributed by atoms with van der Waals surface area (Å²) in [5.41, 5.74) is 11.0. The molecule has 3 rings (SSSR count). The van der Waals surface area contributed by atoms with Crippen LogP contribution in [0.25, 0.3) is 0 Å². The molecule has 104 valence electrons. The van der Waals surface area contributed by atoms with Crippen molar-refractivity contribution < 1.29 is 4.74 Å². The quantitative estimate of drug-likeness (QED) is 0.839. The van der Waals surface area contributed by atoms with E-state index in [4.69, 9.17) is 22.1 Å². The van der Waals surface area contributed by atoms with E-state index in [2.05, 4.69) is 32.0 Å². The van der Waals surface area contributed by atoms with Crippen LogP contribution < -0.4 is 10.5 Å². The van der Waals surface area contributed by atoms with Gasteiger partial charge in [0, 0.05) is 23.0 Å². The summed E-state index contributed by atoms with van der Waals surface area (Å²) in [6.07, 6.45) is 0.788. The third-order valence-electron chi connectivity index (χ3n) is 3.88. The van der Waals surface area contributed by atoms with Crippen molar-refractivity contribution in [2.45, 2.75) is 32.4 Å². The zero-order chi connectivity index (χ0) is 14.3. The average Bonchev–Trinajstić information content (AvgIpc) is 2.39. The van der Waals surface area contributed by atoms with Crippen LogP contribution in [0.1, 0.15) is 40.8 Å². The van der Waals surface area contributed by atoms with Gasteiger partial charge in [0.1, 0.15) is 11.9 Å². The Hall–Kier alpha value is -1.51. The van der Waals surface area contributed by atoms with Crippen molar-refractivity contribution >= 4 is 11.6 Å². The van der Waals surface area contributed by atoms with E-state index in [9.17, 15) is 0 Å². The van der Waals surface area contributed by atoms with Gasteiger partial charge in [-0.2, -0.15) is 0 Å². The van der Waals surface area contributed by atoms with Crippen LogP contribution >= 0.6 is 11.6 Å². The standard InChI is InChI=1S/C17H18ClNO/c1-10-3-5-13(11(2)7-10)17-9-15(19)14-8-12(18)4-6-16(14)20-17/h3-8,15,17H,9,19H2,1-2H3/t15-,17?/m1/s1. The van der Waals surface area contributed by atoms with Crippen LogP contribution in [0.15, 0.2) is 36.4 Å². The molecule has 0 radical (unpaired) electrons. The van der Waals surface area contributed by atoms with E-state index in [1.165, 1.54) is 16.7 Å². The van der Waals surface area contributed by atoms with Crippen molar-refractivity contribution in [2.24, 2.45) is 5.73 Å². The second kappa shape index (κ2) is 5.12. The molecule has 0 bridgehead atoms. The topological polar surface area (TPSA) is 35.2 Å². The van der Waals surface area contributed by atoms with Crippen molar-refractivity contribution in [1.29, 1.82) is 0 Å². The molecule has 0 saturated heterocycles. The molecule has 3 heteroatoms. The van der Waals surface area contributed by atoms with Crippen LogP contribution in [0.4, 0.5) is 0 Å². The summed E-state index contributed by atoms with van der Waals surface area (Å²) in [6.45, 7) is 4.22. The summed E-state index contributed by atoms with van der Waals surface area (Å²) in [5.74, 6) is 0.845. The van der Waals surface area contributed by atoms with E-state index >= 15 is 0 Å². The Morgan fingerprint density at radius 3 is 2.65 bits per heavy atom. The first-order valence-corrected chi connectivity index (χ1v) is 7.21. The Balaban J connectivity index is 1.97. The Morgan fingerprint density at radius 2 is 1.90 bits per heavy atom. The zero-order valence-corrected chi connectivity index (χ0v) is 12.4. The van der Waals surface area contributed by atoms with Crippen molar-refractivity contribution in [3.63, 3.8) is 0 Å². The summed E-state index contributed by atoms with van der Waals surface area (Å²) in [4.78, 5) is 0. The second-order valence-corrected chi connectivity index (χ2v) is 5.93. The predicted molar refractivity (Wildman–Crippen MR) is 82.3 cm³/mol. The number of ether oxygens (including phenoxy) is 1. The van der Waals surface area contributed by atoms with Gasteiger partial charge in [0.15, 0.2) is 0 Å². The monoisotopic (exact) mass is 287 g/mol. The van der Waals surface area contributed by atoms with E-state index in [0.717, 1.165) is 17.7 Å². The van der Waals surface area contributed by atoms with Crippen molar-refractivity contribution in [2.75, 3.05) is 0 Å². The van der Waals surface area contributed by atoms with Gasteiger partial charge in [0.05, 0.1) is 0 Å². The third kappa shape index (κ3) is 2.41. The van der Waals surface area contributed by atoms with Gasteiger partial charge in [-0.1, -0.05) is 35.4 Å². The number of aryl methyl sites for hydroxylation is 2. The maximum atomic E-state index is 6.28. The normalized spacial score (nSPS) is 21.2. The molecule has 2 N–H and O–H groups in total. The van der Waals surface area contributed by atoms with Crippen LogP contribution in [0.2, 0.25) is 5.02 Å². The molecule has 1 aliphatic heterocycles. The molecule has 0 amide bonds. The molecule has 0 saturated carbocycles. The molecule has 2 aromatic rings. The Bertz CT molecular complexity index is 653. The molecular weight excluding hydrogens is 270 g/mol. The highest BCUT2D eigenvalue weighted by molar-refractivity contribution is 6.30. The van der Waals surface area contributed by atoms with E-state index in [1.54, 1.807) is 0 Å². The van der Waals surface area contributed by atoms with E-state index < -0.39 is 0 Å². The minimum Gasteiger partial charge on any atom is -0.485 e. The maximum Gasteiger partial charge on any atom is 0.126 e. The van der Waals surface area contributed by atoms with Crippen LogP contribution in [-0.2, 0) is 0 Å². The molecule has 1 unspecified atom stereocenters. The van der Waals surface area contributed by atoms with Gasteiger partial charge in [-0.15, -0.1) is 0 Å². The summed E-state index contributed by atoms with van der Waals surface area (Å²) in [5, 5.41) is 0.702. The highest BCUT2D eigenvalue weighted by Crippen LogP contribution is 2.41. The van der Waals surface area contributed by atoms with Crippen LogP contribution in [0.3, 0.4) is 0 Å². The molecule has 0 fully saturated rings. The lowest BCUT2D eigenvalue weighted by Crippen LogP contribution is -2.24. The second-order valence-electron chi connectivity index (χ2n) is 5.49. The van der Waals surface area contributed by atoms with Gasteiger partial charge in [-0.05, 0) is 43.2 Å². The highest BCUT2D eigenvalue weighted by Gasteiger charge is 2.28. The third-order valence-corrected chi connectivity index (χ3v) is 4.12. The maximum absolute atomic E-state index is 6.28. The van der Waals surface area contributed by atoms with Gasteiger partial charge in [-0.3, -0.25) is 0 Å². The number of benzene rings is 2. The summed E-state index contributed by atoms with van der Waals surface area (Å²) in [6, 6.07) is 12.1. The number of halogens is 1. The van der Waals surface area contributed by atoms with Crippen LogP contribution in [0, 0.1) is 13.8 Å². The summed E-state index contributed by atoms with van der Waals surface area (Å²) >= 11 is 6.03. The zero-order valence-electron chi connectivity index (χ0n) is 11.7. The molecule has 2 nitrogen and oxygen atoms in total.